The van der Waals surface area contributed by atoms with E-state index in [1.54, 1.807) is 23.2 Å². The molecule has 2 heterocycles. The van der Waals surface area contributed by atoms with Crippen LogP contribution in [0.5, 0.6) is 0 Å². The van der Waals surface area contributed by atoms with Crippen molar-refractivity contribution in [3.8, 4) is 0 Å². The van der Waals surface area contributed by atoms with Gasteiger partial charge in [-0.05, 0) is 30.7 Å². The van der Waals surface area contributed by atoms with Crippen molar-refractivity contribution in [1.29, 1.82) is 0 Å². The molecule has 4 nitrogen and oxygen atoms in total. The van der Waals surface area contributed by atoms with Gasteiger partial charge in [0.2, 0.25) is 0 Å². The van der Waals surface area contributed by atoms with E-state index in [9.17, 15) is 9.59 Å². The lowest BCUT2D eigenvalue weighted by Crippen LogP contribution is -2.38. The molecule has 0 bridgehead atoms. The predicted molar refractivity (Wildman–Crippen MR) is 76.0 cm³/mol. The van der Waals surface area contributed by atoms with Crippen molar-refractivity contribution in [2.24, 2.45) is 0 Å². The first kappa shape index (κ1) is 12.5. The van der Waals surface area contributed by atoms with Gasteiger partial charge in [0.25, 0.3) is 5.91 Å². The second kappa shape index (κ2) is 4.89. The van der Waals surface area contributed by atoms with Crippen LogP contribution in [0.15, 0.2) is 42.6 Å². The van der Waals surface area contributed by atoms with E-state index in [2.05, 4.69) is 4.98 Å². The second-order valence-electron chi connectivity index (χ2n) is 4.82. The summed E-state index contributed by atoms with van der Waals surface area (Å²) < 4.78 is 0. The van der Waals surface area contributed by atoms with Crippen LogP contribution in [-0.4, -0.2) is 23.2 Å². The minimum Gasteiger partial charge on any atom is -0.306 e. The summed E-state index contributed by atoms with van der Waals surface area (Å²) in [7, 11) is 0. The van der Waals surface area contributed by atoms with E-state index in [1.165, 1.54) is 0 Å². The lowest BCUT2D eigenvalue weighted by molar-refractivity contribution is 0.0952. The third-order valence-electron chi connectivity index (χ3n) is 3.51. The summed E-state index contributed by atoms with van der Waals surface area (Å²) in [5.74, 6) is -0.0644. The number of fused-ring (bicyclic) bond motifs is 1. The molecule has 0 spiro atoms. The number of aryl methyl sites for hydroxylation is 1. The van der Waals surface area contributed by atoms with Crippen LogP contribution in [0.2, 0.25) is 0 Å². The molecule has 2 aromatic rings. The van der Waals surface area contributed by atoms with Crippen molar-refractivity contribution >= 4 is 17.4 Å². The van der Waals surface area contributed by atoms with Gasteiger partial charge in [-0.1, -0.05) is 18.2 Å². The van der Waals surface area contributed by atoms with E-state index >= 15 is 0 Å². The molecule has 100 valence electrons. The van der Waals surface area contributed by atoms with Crippen LogP contribution in [0.1, 0.15) is 32.8 Å². The van der Waals surface area contributed by atoms with Gasteiger partial charge in [0.1, 0.15) is 5.69 Å². The van der Waals surface area contributed by atoms with Gasteiger partial charge in [-0.25, -0.2) is 0 Å². The number of para-hydroxylation sites is 1. The topological polar surface area (TPSA) is 50.3 Å². The third kappa shape index (κ3) is 1.99. The zero-order valence-corrected chi connectivity index (χ0v) is 11.2. The molecule has 0 atom stereocenters. The van der Waals surface area contributed by atoms with E-state index in [0.717, 1.165) is 5.56 Å². The highest BCUT2D eigenvalue weighted by molar-refractivity contribution is 6.13. The van der Waals surface area contributed by atoms with Gasteiger partial charge in [0, 0.05) is 24.7 Å². The molecular weight excluding hydrogens is 252 g/mol. The number of anilines is 1. The summed E-state index contributed by atoms with van der Waals surface area (Å²) in [6, 6.07) is 10.9. The number of rotatable bonds is 1. The Kier molecular flexibility index (Phi) is 3.06. The van der Waals surface area contributed by atoms with Crippen LogP contribution in [-0.2, 0) is 0 Å². The Morgan fingerprint density at radius 3 is 2.80 bits per heavy atom. The number of nitrogens with zero attached hydrogens (tertiary/aromatic N) is 2. The first-order valence-electron chi connectivity index (χ1n) is 6.54. The first-order chi connectivity index (χ1) is 9.68. The molecule has 20 heavy (non-hydrogen) atoms. The van der Waals surface area contributed by atoms with Crippen molar-refractivity contribution in [3.05, 3.63) is 59.4 Å². The van der Waals surface area contributed by atoms with Gasteiger partial charge >= 0.3 is 0 Å². The average Bonchev–Trinajstić information content (AvgIpc) is 2.48. The molecular formula is C16H14N2O2. The quantitative estimate of drug-likeness (QED) is 0.797. The van der Waals surface area contributed by atoms with Crippen LogP contribution in [0.4, 0.5) is 5.69 Å². The zero-order chi connectivity index (χ0) is 14.1. The molecule has 1 aliphatic heterocycles. The Balaban J connectivity index is 2.04. The van der Waals surface area contributed by atoms with Crippen LogP contribution in [0, 0.1) is 6.92 Å². The molecule has 0 radical (unpaired) electrons. The predicted octanol–water partition coefficient (Wildman–Crippen LogP) is 2.62. The molecule has 0 aliphatic carbocycles. The molecule has 3 rings (SSSR count). The van der Waals surface area contributed by atoms with Crippen molar-refractivity contribution in [3.63, 3.8) is 0 Å². The van der Waals surface area contributed by atoms with E-state index in [1.807, 2.05) is 31.2 Å². The Labute approximate surface area is 117 Å². The second-order valence-corrected chi connectivity index (χ2v) is 4.82. The van der Waals surface area contributed by atoms with Crippen LogP contribution in [0.25, 0.3) is 0 Å². The number of Topliss-reactive ketones (excluding diaryl/α,β-unsaturated/α-hetero) is 1. The highest BCUT2D eigenvalue weighted by atomic mass is 16.2. The maximum absolute atomic E-state index is 12.6. The summed E-state index contributed by atoms with van der Waals surface area (Å²) >= 11 is 0. The van der Waals surface area contributed by atoms with Crippen molar-refractivity contribution in [2.45, 2.75) is 13.3 Å². The highest BCUT2D eigenvalue weighted by Gasteiger charge is 2.28. The molecule has 1 aromatic heterocycles. The van der Waals surface area contributed by atoms with Crippen molar-refractivity contribution in [1.82, 2.24) is 4.98 Å². The Morgan fingerprint density at radius 2 is 2.00 bits per heavy atom. The number of aromatic nitrogens is 1. The summed E-state index contributed by atoms with van der Waals surface area (Å²) in [5, 5.41) is 0. The number of benzene rings is 1. The normalized spacial score (nSPS) is 14.1. The first-order valence-corrected chi connectivity index (χ1v) is 6.54. The van der Waals surface area contributed by atoms with Gasteiger partial charge in [-0.15, -0.1) is 0 Å². The molecule has 1 aromatic carbocycles. The van der Waals surface area contributed by atoms with Crippen molar-refractivity contribution in [2.75, 3.05) is 11.4 Å². The summed E-state index contributed by atoms with van der Waals surface area (Å²) in [6.45, 7) is 2.27. The van der Waals surface area contributed by atoms with Gasteiger partial charge in [-0.3, -0.25) is 14.6 Å². The fourth-order valence-electron chi connectivity index (χ4n) is 2.46. The maximum Gasteiger partial charge on any atom is 0.277 e. The minimum absolute atomic E-state index is 0.0855. The molecule has 0 fully saturated rings. The molecule has 0 saturated carbocycles. The molecule has 1 amide bonds. The fraction of sp³-hybridized carbons (Fsp3) is 0.188. The summed E-state index contributed by atoms with van der Waals surface area (Å²) in [5.41, 5.74) is 2.57. The van der Waals surface area contributed by atoms with Crippen LogP contribution < -0.4 is 4.90 Å². The number of amides is 1. The van der Waals surface area contributed by atoms with E-state index in [-0.39, 0.29) is 11.7 Å². The molecule has 0 unspecified atom stereocenters. The van der Waals surface area contributed by atoms with Gasteiger partial charge in [0.05, 0.1) is 5.69 Å². The number of ketones is 1. The maximum atomic E-state index is 12.6. The third-order valence-corrected chi connectivity index (χ3v) is 3.51. The Hall–Kier alpha value is -2.49. The van der Waals surface area contributed by atoms with Gasteiger partial charge in [0.15, 0.2) is 5.78 Å². The average molecular weight is 266 g/mol. The van der Waals surface area contributed by atoms with E-state index in [0.29, 0.717) is 29.9 Å². The zero-order valence-electron chi connectivity index (χ0n) is 11.2. The van der Waals surface area contributed by atoms with Crippen LogP contribution in [0.3, 0.4) is 0 Å². The SMILES string of the molecule is Cc1cccnc1C(=O)N1CCC(=O)c2ccccc21. The Morgan fingerprint density at radius 1 is 1.20 bits per heavy atom. The minimum atomic E-state index is -0.150. The standard InChI is InChI=1S/C16H14N2O2/c1-11-5-4-9-17-15(11)16(20)18-10-8-14(19)12-6-2-3-7-13(12)18/h2-7,9H,8,10H2,1H3. The number of hydrogen-bond acceptors (Lipinski definition) is 3. The summed E-state index contributed by atoms with van der Waals surface area (Å²) in [4.78, 5) is 30.4. The molecule has 0 saturated heterocycles. The number of hydrogen-bond donors (Lipinski definition) is 0. The lowest BCUT2D eigenvalue weighted by atomic mass is 10.00. The van der Waals surface area contributed by atoms with Gasteiger partial charge in [-0.2, -0.15) is 0 Å². The summed E-state index contributed by atoms with van der Waals surface area (Å²) in [6.07, 6.45) is 1.97. The van der Waals surface area contributed by atoms with E-state index < -0.39 is 0 Å². The number of pyridine rings is 1. The molecule has 0 N–H and O–H groups in total. The monoisotopic (exact) mass is 266 g/mol. The van der Waals surface area contributed by atoms with Crippen molar-refractivity contribution < 1.29 is 9.59 Å². The number of carbonyl (C=O) groups is 2. The van der Waals surface area contributed by atoms with Crippen LogP contribution >= 0.6 is 0 Å². The smallest absolute Gasteiger partial charge is 0.277 e. The highest BCUT2D eigenvalue weighted by Crippen LogP contribution is 2.28. The largest absolute Gasteiger partial charge is 0.306 e. The molecule has 1 aliphatic rings. The van der Waals surface area contributed by atoms with E-state index in [4.69, 9.17) is 0 Å². The fourth-order valence-corrected chi connectivity index (χ4v) is 2.46. The molecule has 4 heteroatoms. The number of carbonyl (C=O) groups excluding carboxylic acids is 2. The lowest BCUT2D eigenvalue weighted by Gasteiger charge is -2.28. The Bertz CT molecular complexity index is 694. The van der Waals surface area contributed by atoms with Gasteiger partial charge < -0.3 is 4.90 Å².